The summed E-state index contributed by atoms with van der Waals surface area (Å²) in [5.41, 5.74) is 1.98. The maximum Gasteiger partial charge on any atom is 0.0804 e. The summed E-state index contributed by atoms with van der Waals surface area (Å²) < 4.78 is 0. The summed E-state index contributed by atoms with van der Waals surface area (Å²) in [6.45, 7) is 2.00. The van der Waals surface area contributed by atoms with Crippen molar-refractivity contribution in [3.05, 3.63) is 34.3 Å². The molecule has 0 heterocycles. The molecule has 1 rings (SSSR count). The van der Waals surface area contributed by atoms with Gasteiger partial charge in [0.2, 0.25) is 0 Å². The molecule has 3 heteroatoms. The zero-order chi connectivity index (χ0) is 12.0. The maximum absolute atomic E-state index is 10.00. The van der Waals surface area contributed by atoms with E-state index in [1.165, 1.54) is 0 Å². The minimum absolute atomic E-state index is 0.427. The quantitative estimate of drug-likeness (QED) is 0.600. The molecule has 1 atom stereocenters. The number of unbranched alkanes of at least 4 members (excludes halogenated alkanes) is 2. The molecule has 1 N–H and O–H groups in total. The Kier molecular flexibility index (Phi) is 6.40. The van der Waals surface area contributed by atoms with Crippen LogP contribution in [0.4, 0.5) is 0 Å². The molecule has 1 nitrogen and oxygen atoms in total. The van der Waals surface area contributed by atoms with Gasteiger partial charge in [-0.3, -0.25) is 0 Å². The Labute approximate surface area is 111 Å². The lowest BCUT2D eigenvalue weighted by Crippen LogP contribution is -1.98. The second-order valence-corrected chi connectivity index (χ2v) is 5.28. The van der Waals surface area contributed by atoms with Gasteiger partial charge in [-0.1, -0.05) is 52.5 Å². The molecule has 0 aliphatic carbocycles. The van der Waals surface area contributed by atoms with Crippen LogP contribution in [0.15, 0.2) is 18.2 Å². The first-order chi connectivity index (χ1) is 7.65. The highest BCUT2D eigenvalue weighted by atomic mass is 79.9. The van der Waals surface area contributed by atoms with E-state index < -0.39 is 6.10 Å². The van der Waals surface area contributed by atoms with Gasteiger partial charge in [0.15, 0.2) is 0 Å². The Balaban J connectivity index is 2.49. The molecule has 0 amide bonds. The second kappa shape index (κ2) is 7.31. The Morgan fingerprint density at radius 3 is 2.69 bits per heavy atom. The lowest BCUT2D eigenvalue weighted by molar-refractivity contribution is 0.163. The fourth-order valence-corrected chi connectivity index (χ4v) is 2.42. The zero-order valence-corrected chi connectivity index (χ0v) is 11.9. The smallest absolute Gasteiger partial charge is 0.0804 e. The third-order valence-electron chi connectivity index (χ3n) is 2.63. The van der Waals surface area contributed by atoms with Gasteiger partial charge in [-0.05, 0) is 37.0 Å². The molecule has 0 spiro atoms. The molecular weight excluding hydrogens is 287 g/mol. The number of alkyl halides is 1. The first-order valence-electron chi connectivity index (χ1n) is 5.65. The van der Waals surface area contributed by atoms with Crippen LogP contribution in [-0.4, -0.2) is 10.4 Å². The van der Waals surface area contributed by atoms with Crippen molar-refractivity contribution in [3.8, 4) is 0 Å². The largest absolute Gasteiger partial charge is 0.388 e. The van der Waals surface area contributed by atoms with E-state index in [4.69, 9.17) is 11.6 Å². The van der Waals surface area contributed by atoms with Gasteiger partial charge >= 0.3 is 0 Å². The SMILES string of the molecule is Cc1ccc(C(O)CCCCCBr)c(Cl)c1. The van der Waals surface area contributed by atoms with E-state index in [1.807, 2.05) is 25.1 Å². The number of aliphatic hydroxyl groups is 1. The maximum atomic E-state index is 10.00. The highest BCUT2D eigenvalue weighted by molar-refractivity contribution is 9.09. The van der Waals surface area contributed by atoms with Crippen molar-refractivity contribution >= 4 is 27.5 Å². The zero-order valence-electron chi connectivity index (χ0n) is 9.55. The fraction of sp³-hybridized carbons (Fsp3) is 0.538. The molecule has 0 fully saturated rings. The van der Waals surface area contributed by atoms with Crippen molar-refractivity contribution < 1.29 is 5.11 Å². The standard InChI is InChI=1S/C13H18BrClO/c1-10-6-7-11(12(15)9-10)13(16)5-3-2-4-8-14/h6-7,9,13,16H,2-5,8H2,1H3. The van der Waals surface area contributed by atoms with Gasteiger partial charge in [0.1, 0.15) is 0 Å². The second-order valence-electron chi connectivity index (χ2n) is 4.08. The van der Waals surface area contributed by atoms with E-state index in [0.717, 1.165) is 42.1 Å². The van der Waals surface area contributed by atoms with E-state index in [-0.39, 0.29) is 0 Å². The van der Waals surface area contributed by atoms with E-state index in [2.05, 4.69) is 15.9 Å². The molecule has 0 aromatic heterocycles. The highest BCUT2D eigenvalue weighted by Gasteiger charge is 2.10. The first-order valence-corrected chi connectivity index (χ1v) is 7.15. The molecule has 90 valence electrons. The Bertz CT molecular complexity index is 328. The Hall–Kier alpha value is -0.0500. The Morgan fingerprint density at radius 2 is 2.06 bits per heavy atom. The van der Waals surface area contributed by atoms with Gasteiger partial charge in [0.25, 0.3) is 0 Å². The third kappa shape index (κ3) is 4.44. The predicted molar refractivity (Wildman–Crippen MR) is 73.4 cm³/mol. The third-order valence-corrected chi connectivity index (χ3v) is 3.51. The summed E-state index contributed by atoms with van der Waals surface area (Å²) in [7, 11) is 0. The van der Waals surface area contributed by atoms with Crippen molar-refractivity contribution in [2.75, 3.05) is 5.33 Å². The van der Waals surface area contributed by atoms with Crippen LogP contribution < -0.4 is 0 Å². The summed E-state index contributed by atoms with van der Waals surface area (Å²) in [4.78, 5) is 0. The summed E-state index contributed by atoms with van der Waals surface area (Å²) in [6.07, 6.45) is 3.70. The lowest BCUT2D eigenvalue weighted by atomic mass is 10.0. The van der Waals surface area contributed by atoms with Crippen molar-refractivity contribution in [3.63, 3.8) is 0 Å². The van der Waals surface area contributed by atoms with E-state index in [1.54, 1.807) is 0 Å². The van der Waals surface area contributed by atoms with Crippen molar-refractivity contribution in [1.29, 1.82) is 0 Å². The molecule has 1 aromatic carbocycles. The van der Waals surface area contributed by atoms with Gasteiger partial charge in [-0.25, -0.2) is 0 Å². The van der Waals surface area contributed by atoms with Crippen LogP contribution in [-0.2, 0) is 0 Å². The summed E-state index contributed by atoms with van der Waals surface area (Å²) >= 11 is 9.49. The van der Waals surface area contributed by atoms with Crippen LogP contribution in [0, 0.1) is 6.92 Å². The van der Waals surface area contributed by atoms with Gasteiger partial charge in [-0.15, -0.1) is 0 Å². The monoisotopic (exact) mass is 304 g/mol. The molecule has 0 aliphatic heterocycles. The molecule has 0 bridgehead atoms. The number of aliphatic hydroxyl groups excluding tert-OH is 1. The molecule has 0 saturated carbocycles. The van der Waals surface area contributed by atoms with Gasteiger partial charge < -0.3 is 5.11 Å². The van der Waals surface area contributed by atoms with Crippen molar-refractivity contribution in [1.82, 2.24) is 0 Å². The normalized spacial score (nSPS) is 12.8. The molecule has 1 aromatic rings. The van der Waals surface area contributed by atoms with Gasteiger partial charge in [0, 0.05) is 10.4 Å². The van der Waals surface area contributed by atoms with E-state index in [9.17, 15) is 5.11 Å². The molecule has 0 saturated heterocycles. The minimum Gasteiger partial charge on any atom is -0.388 e. The minimum atomic E-state index is -0.427. The van der Waals surface area contributed by atoms with Crippen LogP contribution in [0.2, 0.25) is 5.02 Å². The van der Waals surface area contributed by atoms with Gasteiger partial charge in [-0.2, -0.15) is 0 Å². The van der Waals surface area contributed by atoms with Crippen LogP contribution >= 0.6 is 27.5 Å². The lowest BCUT2D eigenvalue weighted by Gasteiger charge is -2.12. The molecule has 16 heavy (non-hydrogen) atoms. The van der Waals surface area contributed by atoms with Crippen molar-refractivity contribution in [2.45, 2.75) is 38.7 Å². The topological polar surface area (TPSA) is 20.2 Å². The predicted octanol–water partition coefficient (Wildman–Crippen LogP) is 4.64. The molecule has 0 aliphatic rings. The van der Waals surface area contributed by atoms with Crippen molar-refractivity contribution in [2.24, 2.45) is 0 Å². The first kappa shape index (κ1) is 14.0. The highest BCUT2D eigenvalue weighted by Crippen LogP contribution is 2.27. The average Bonchev–Trinajstić information content (AvgIpc) is 2.24. The number of rotatable bonds is 6. The number of aryl methyl sites for hydroxylation is 1. The molecule has 0 radical (unpaired) electrons. The number of hydrogen-bond acceptors (Lipinski definition) is 1. The summed E-state index contributed by atoms with van der Waals surface area (Å²) in [5, 5.41) is 11.7. The number of benzene rings is 1. The number of hydrogen-bond donors (Lipinski definition) is 1. The number of halogens is 2. The summed E-state index contributed by atoms with van der Waals surface area (Å²) in [6, 6.07) is 5.81. The van der Waals surface area contributed by atoms with E-state index in [0.29, 0.717) is 5.02 Å². The average molecular weight is 306 g/mol. The van der Waals surface area contributed by atoms with Crippen LogP contribution in [0.1, 0.15) is 42.9 Å². The van der Waals surface area contributed by atoms with Crippen LogP contribution in [0.3, 0.4) is 0 Å². The molecule has 1 unspecified atom stereocenters. The van der Waals surface area contributed by atoms with Crippen LogP contribution in [0.25, 0.3) is 0 Å². The van der Waals surface area contributed by atoms with Crippen LogP contribution in [0.5, 0.6) is 0 Å². The van der Waals surface area contributed by atoms with Gasteiger partial charge in [0.05, 0.1) is 6.10 Å². The fourth-order valence-electron chi connectivity index (χ4n) is 1.67. The van der Waals surface area contributed by atoms with E-state index >= 15 is 0 Å². The summed E-state index contributed by atoms with van der Waals surface area (Å²) in [5.74, 6) is 0. The Morgan fingerprint density at radius 1 is 1.31 bits per heavy atom. The molecular formula is C13H18BrClO.